The van der Waals surface area contributed by atoms with Crippen molar-refractivity contribution in [2.24, 2.45) is 0 Å². The number of hydrogen-bond donors (Lipinski definition) is 0. The molecule has 0 radical (unpaired) electrons. The van der Waals surface area contributed by atoms with Crippen molar-refractivity contribution in [2.75, 3.05) is 13.2 Å². The summed E-state index contributed by atoms with van der Waals surface area (Å²) in [6.45, 7) is 6.39. The van der Waals surface area contributed by atoms with Crippen molar-refractivity contribution >= 4 is 17.9 Å². The third kappa shape index (κ3) is 47.4. The van der Waals surface area contributed by atoms with Crippen LogP contribution in [0.15, 0.2) is 97.2 Å². The van der Waals surface area contributed by atoms with Crippen LogP contribution >= 0.6 is 0 Å². The van der Waals surface area contributed by atoms with Gasteiger partial charge in [-0.3, -0.25) is 14.4 Å². The summed E-state index contributed by atoms with van der Waals surface area (Å²) in [5.41, 5.74) is 0. The Morgan fingerprint density at radius 3 is 1.03 bits per heavy atom. The minimum atomic E-state index is -0.792. The van der Waals surface area contributed by atoms with Crippen LogP contribution in [0.4, 0.5) is 0 Å². The summed E-state index contributed by atoms with van der Waals surface area (Å²) >= 11 is 0. The van der Waals surface area contributed by atoms with E-state index in [9.17, 15) is 14.4 Å². The number of esters is 3. The third-order valence-corrected chi connectivity index (χ3v) is 10.3. The molecule has 1 atom stereocenters. The Labute approximate surface area is 381 Å². The van der Waals surface area contributed by atoms with Crippen LogP contribution in [0.1, 0.15) is 220 Å². The predicted octanol–water partition coefficient (Wildman–Crippen LogP) is 16.6. The first-order valence-electron chi connectivity index (χ1n) is 25.2. The molecule has 0 aromatic heterocycles. The van der Waals surface area contributed by atoms with Crippen LogP contribution in [0.5, 0.6) is 0 Å². The van der Waals surface area contributed by atoms with Crippen LogP contribution in [0.3, 0.4) is 0 Å². The van der Waals surface area contributed by atoms with Crippen molar-refractivity contribution in [1.82, 2.24) is 0 Å². The SMILES string of the molecule is CC/C=C\C/C=C\C/C=C\C/C=C\C/C=C\C/C=C\CCCCCCC(=O)OCC(COC(=O)CCCCCCCCC)OC(=O)CCCCCCC/C=C\C/C=C\CCCC. The van der Waals surface area contributed by atoms with Gasteiger partial charge in [-0.15, -0.1) is 0 Å². The lowest BCUT2D eigenvalue weighted by molar-refractivity contribution is -0.167. The van der Waals surface area contributed by atoms with E-state index >= 15 is 0 Å². The van der Waals surface area contributed by atoms with Crippen LogP contribution in [-0.4, -0.2) is 37.2 Å². The van der Waals surface area contributed by atoms with E-state index in [-0.39, 0.29) is 31.1 Å². The van der Waals surface area contributed by atoms with Gasteiger partial charge in [-0.1, -0.05) is 201 Å². The molecule has 6 nitrogen and oxygen atoms in total. The molecule has 6 heteroatoms. The van der Waals surface area contributed by atoms with Crippen LogP contribution in [-0.2, 0) is 28.6 Å². The van der Waals surface area contributed by atoms with E-state index in [1.807, 2.05) is 0 Å². The van der Waals surface area contributed by atoms with Gasteiger partial charge >= 0.3 is 17.9 Å². The Bertz CT molecular complexity index is 1260. The number of unbranched alkanes of at least 4 members (excludes halogenated alkanes) is 17. The number of carbonyl (C=O) groups excluding carboxylic acids is 3. The molecule has 0 aliphatic rings. The topological polar surface area (TPSA) is 78.9 Å². The smallest absolute Gasteiger partial charge is 0.306 e. The molecule has 0 saturated heterocycles. The van der Waals surface area contributed by atoms with Crippen molar-refractivity contribution in [1.29, 1.82) is 0 Å². The van der Waals surface area contributed by atoms with Gasteiger partial charge in [-0.25, -0.2) is 0 Å². The van der Waals surface area contributed by atoms with Crippen molar-refractivity contribution in [3.8, 4) is 0 Å². The lowest BCUT2D eigenvalue weighted by Crippen LogP contribution is -2.30. The van der Waals surface area contributed by atoms with Crippen molar-refractivity contribution in [2.45, 2.75) is 226 Å². The maximum Gasteiger partial charge on any atom is 0.306 e. The van der Waals surface area contributed by atoms with E-state index in [0.29, 0.717) is 19.3 Å². The first-order chi connectivity index (χ1) is 30.5. The molecule has 0 heterocycles. The minimum Gasteiger partial charge on any atom is -0.462 e. The number of allylic oxidation sites excluding steroid dienone is 16. The second-order valence-electron chi connectivity index (χ2n) is 16.3. The fraction of sp³-hybridized carbons (Fsp3) is 0.661. The summed E-state index contributed by atoms with van der Waals surface area (Å²) in [4.78, 5) is 37.8. The van der Waals surface area contributed by atoms with Gasteiger partial charge in [0.1, 0.15) is 13.2 Å². The average Bonchev–Trinajstić information content (AvgIpc) is 3.27. The Morgan fingerprint density at radius 2 is 0.645 bits per heavy atom. The highest BCUT2D eigenvalue weighted by Crippen LogP contribution is 2.13. The Morgan fingerprint density at radius 1 is 0.339 bits per heavy atom. The van der Waals surface area contributed by atoms with Gasteiger partial charge in [0.2, 0.25) is 0 Å². The molecular weight excluding hydrogens is 769 g/mol. The first-order valence-corrected chi connectivity index (χ1v) is 25.2. The molecule has 0 aliphatic carbocycles. The van der Waals surface area contributed by atoms with Crippen molar-refractivity contribution < 1.29 is 28.6 Å². The van der Waals surface area contributed by atoms with Crippen LogP contribution in [0.2, 0.25) is 0 Å². The molecule has 1 unspecified atom stereocenters. The highest BCUT2D eigenvalue weighted by molar-refractivity contribution is 5.71. The first kappa shape index (κ1) is 58.3. The molecule has 0 saturated carbocycles. The average molecular weight is 861 g/mol. The lowest BCUT2D eigenvalue weighted by atomic mass is 10.1. The van der Waals surface area contributed by atoms with Gasteiger partial charge in [0.15, 0.2) is 6.10 Å². The zero-order valence-corrected chi connectivity index (χ0v) is 40.1. The highest BCUT2D eigenvalue weighted by atomic mass is 16.6. The van der Waals surface area contributed by atoms with Gasteiger partial charge in [-0.2, -0.15) is 0 Å². The van der Waals surface area contributed by atoms with Crippen LogP contribution < -0.4 is 0 Å². The largest absolute Gasteiger partial charge is 0.462 e. The molecule has 62 heavy (non-hydrogen) atoms. The standard InChI is InChI=1S/C56H92O6/c1-4-7-10-13-16-18-20-22-24-25-26-27-28-29-30-31-32-34-35-37-40-43-46-49-55(58)61-52-53(51-60-54(57)48-45-42-39-15-12-9-6-3)62-56(59)50-47-44-41-38-36-33-23-21-19-17-14-11-8-5-2/h7,10,14,16-18,21-24,26-27,29-30,32,34,53H,4-6,8-9,11-13,15,19-20,25,28,31,33,35-52H2,1-3H3/b10-7-,17-14-,18-16-,23-21-,24-22-,27-26-,30-29-,34-32-. The molecule has 0 aliphatic heterocycles. The van der Waals surface area contributed by atoms with Gasteiger partial charge < -0.3 is 14.2 Å². The fourth-order valence-electron chi connectivity index (χ4n) is 6.52. The highest BCUT2D eigenvalue weighted by Gasteiger charge is 2.19. The molecule has 0 fully saturated rings. The second-order valence-corrected chi connectivity index (χ2v) is 16.3. The van der Waals surface area contributed by atoms with Gasteiger partial charge in [0, 0.05) is 19.3 Å². The zero-order valence-electron chi connectivity index (χ0n) is 40.1. The summed E-state index contributed by atoms with van der Waals surface area (Å²) in [6.07, 6.45) is 65.5. The monoisotopic (exact) mass is 861 g/mol. The Balaban J connectivity index is 4.33. The number of hydrogen-bond acceptors (Lipinski definition) is 6. The Hall–Kier alpha value is -3.67. The van der Waals surface area contributed by atoms with Crippen LogP contribution in [0, 0.1) is 0 Å². The normalized spacial score (nSPS) is 12.9. The summed E-state index contributed by atoms with van der Waals surface area (Å²) < 4.78 is 16.7. The number of carbonyl (C=O) groups is 3. The van der Waals surface area contributed by atoms with E-state index in [1.54, 1.807) is 0 Å². The number of ether oxygens (including phenoxy) is 3. The molecule has 0 spiro atoms. The van der Waals surface area contributed by atoms with Crippen molar-refractivity contribution in [3.63, 3.8) is 0 Å². The third-order valence-electron chi connectivity index (χ3n) is 10.3. The van der Waals surface area contributed by atoms with E-state index in [0.717, 1.165) is 135 Å². The van der Waals surface area contributed by atoms with Crippen LogP contribution in [0.25, 0.3) is 0 Å². The van der Waals surface area contributed by atoms with Gasteiger partial charge in [0.05, 0.1) is 0 Å². The molecule has 0 rings (SSSR count). The second kappa shape index (κ2) is 50.0. The minimum absolute atomic E-state index is 0.0923. The summed E-state index contributed by atoms with van der Waals surface area (Å²) in [5, 5.41) is 0. The molecule has 0 amide bonds. The van der Waals surface area contributed by atoms with E-state index in [2.05, 4.69) is 118 Å². The molecule has 0 bridgehead atoms. The number of rotatable bonds is 44. The zero-order chi connectivity index (χ0) is 45.1. The van der Waals surface area contributed by atoms with E-state index in [4.69, 9.17) is 14.2 Å². The Kier molecular flexibility index (Phi) is 47.0. The fourth-order valence-corrected chi connectivity index (χ4v) is 6.52. The van der Waals surface area contributed by atoms with E-state index < -0.39 is 6.10 Å². The van der Waals surface area contributed by atoms with E-state index in [1.165, 1.54) is 44.9 Å². The quantitative estimate of drug-likeness (QED) is 0.0263. The summed E-state index contributed by atoms with van der Waals surface area (Å²) in [7, 11) is 0. The molecule has 352 valence electrons. The molecular formula is C56H92O6. The van der Waals surface area contributed by atoms with Gasteiger partial charge in [0.25, 0.3) is 0 Å². The summed E-state index contributed by atoms with van der Waals surface area (Å²) in [5.74, 6) is -0.945. The molecule has 0 N–H and O–H groups in total. The van der Waals surface area contributed by atoms with Crippen molar-refractivity contribution in [3.05, 3.63) is 97.2 Å². The molecule has 0 aromatic carbocycles. The maximum atomic E-state index is 12.7. The predicted molar refractivity (Wildman–Crippen MR) is 265 cm³/mol. The lowest BCUT2D eigenvalue weighted by Gasteiger charge is -2.18. The van der Waals surface area contributed by atoms with Gasteiger partial charge in [-0.05, 0) is 96.3 Å². The maximum absolute atomic E-state index is 12.7. The molecule has 0 aromatic rings. The summed E-state index contributed by atoms with van der Waals surface area (Å²) in [6, 6.07) is 0.